The zero-order chi connectivity index (χ0) is 20.3. The monoisotopic (exact) mass is 381 g/mol. The SMILES string of the molecule is CCCn1nc(C(=O)N(Cc2nc3ccccc3c(=O)[nH]2)C(C)C)ccc1=O. The molecule has 0 aliphatic rings. The van der Waals surface area contributed by atoms with Crippen molar-refractivity contribution in [2.45, 2.75) is 46.3 Å². The zero-order valence-corrected chi connectivity index (χ0v) is 16.2. The number of aromatic nitrogens is 4. The molecule has 0 bridgehead atoms. The van der Waals surface area contributed by atoms with Gasteiger partial charge >= 0.3 is 0 Å². The van der Waals surface area contributed by atoms with E-state index in [1.165, 1.54) is 16.8 Å². The first-order chi connectivity index (χ1) is 13.4. The molecule has 0 fully saturated rings. The molecule has 0 saturated heterocycles. The van der Waals surface area contributed by atoms with Crippen molar-refractivity contribution in [1.82, 2.24) is 24.6 Å². The summed E-state index contributed by atoms with van der Waals surface area (Å²) in [5, 5.41) is 4.70. The Bertz CT molecular complexity index is 1120. The maximum atomic E-state index is 13.0. The average molecular weight is 381 g/mol. The van der Waals surface area contributed by atoms with Crippen LogP contribution in [0.5, 0.6) is 0 Å². The Balaban J connectivity index is 1.94. The van der Waals surface area contributed by atoms with Crippen LogP contribution in [0.25, 0.3) is 10.9 Å². The summed E-state index contributed by atoms with van der Waals surface area (Å²) in [5.41, 5.74) is 0.276. The van der Waals surface area contributed by atoms with Crippen LogP contribution in [0.3, 0.4) is 0 Å². The number of H-pyrrole nitrogens is 1. The molecule has 28 heavy (non-hydrogen) atoms. The summed E-state index contributed by atoms with van der Waals surface area (Å²) < 4.78 is 1.29. The van der Waals surface area contributed by atoms with Crippen molar-refractivity contribution in [1.29, 1.82) is 0 Å². The first kappa shape index (κ1) is 19.5. The van der Waals surface area contributed by atoms with E-state index in [0.29, 0.717) is 23.3 Å². The van der Waals surface area contributed by atoms with E-state index in [1.54, 1.807) is 23.1 Å². The van der Waals surface area contributed by atoms with Gasteiger partial charge in [-0.15, -0.1) is 0 Å². The number of nitrogens with zero attached hydrogens (tertiary/aromatic N) is 4. The van der Waals surface area contributed by atoms with Gasteiger partial charge < -0.3 is 9.88 Å². The van der Waals surface area contributed by atoms with Crippen LogP contribution in [0.2, 0.25) is 0 Å². The lowest BCUT2D eigenvalue weighted by Crippen LogP contribution is -2.39. The van der Waals surface area contributed by atoms with E-state index in [-0.39, 0.29) is 35.3 Å². The Morgan fingerprint density at radius 2 is 1.93 bits per heavy atom. The molecule has 0 saturated carbocycles. The molecule has 1 aromatic carbocycles. The van der Waals surface area contributed by atoms with Crippen molar-refractivity contribution in [3.63, 3.8) is 0 Å². The number of para-hydroxylation sites is 1. The van der Waals surface area contributed by atoms with Gasteiger partial charge in [0.15, 0.2) is 0 Å². The third kappa shape index (κ3) is 4.00. The molecule has 0 unspecified atom stereocenters. The molecule has 0 aliphatic carbocycles. The predicted molar refractivity (Wildman–Crippen MR) is 106 cm³/mol. The lowest BCUT2D eigenvalue weighted by Gasteiger charge is -2.26. The fourth-order valence-corrected chi connectivity index (χ4v) is 2.94. The van der Waals surface area contributed by atoms with Gasteiger partial charge in [-0.25, -0.2) is 9.67 Å². The molecule has 1 N–H and O–H groups in total. The van der Waals surface area contributed by atoms with Crippen LogP contribution in [-0.4, -0.2) is 36.6 Å². The second-order valence-electron chi connectivity index (χ2n) is 6.84. The molecule has 8 nitrogen and oxygen atoms in total. The van der Waals surface area contributed by atoms with Crippen molar-refractivity contribution >= 4 is 16.8 Å². The molecular weight excluding hydrogens is 358 g/mol. The second-order valence-corrected chi connectivity index (χ2v) is 6.84. The third-order valence-electron chi connectivity index (χ3n) is 4.39. The third-order valence-corrected chi connectivity index (χ3v) is 4.39. The number of amides is 1. The summed E-state index contributed by atoms with van der Waals surface area (Å²) in [4.78, 5) is 46.0. The molecule has 1 amide bonds. The quantitative estimate of drug-likeness (QED) is 0.703. The van der Waals surface area contributed by atoms with Crippen LogP contribution < -0.4 is 11.1 Å². The number of fused-ring (bicyclic) bond motifs is 1. The molecule has 0 radical (unpaired) electrons. The number of rotatable bonds is 6. The van der Waals surface area contributed by atoms with Crippen LogP contribution in [0.4, 0.5) is 0 Å². The van der Waals surface area contributed by atoms with E-state index in [2.05, 4.69) is 15.1 Å². The smallest absolute Gasteiger partial charge is 0.274 e. The second kappa shape index (κ2) is 8.16. The maximum Gasteiger partial charge on any atom is 0.274 e. The standard InChI is InChI=1S/C20H23N5O3/c1-4-11-25-18(26)10-9-16(23-25)20(28)24(13(2)3)12-17-21-15-8-6-5-7-14(15)19(27)22-17/h5-10,13H,4,11-12H2,1-3H3,(H,21,22,27). The Kier molecular flexibility index (Phi) is 5.67. The highest BCUT2D eigenvalue weighted by molar-refractivity contribution is 5.92. The first-order valence-corrected chi connectivity index (χ1v) is 9.27. The molecule has 3 aromatic rings. The number of aromatic amines is 1. The van der Waals surface area contributed by atoms with Crippen molar-refractivity contribution in [2.24, 2.45) is 0 Å². The minimum Gasteiger partial charge on any atom is -0.327 e. The van der Waals surface area contributed by atoms with E-state index >= 15 is 0 Å². The van der Waals surface area contributed by atoms with E-state index < -0.39 is 0 Å². The molecule has 146 valence electrons. The van der Waals surface area contributed by atoms with Gasteiger partial charge in [0.2, 0.25) is 0 Å². The van der Waals surface area contributed by atoms with Crippen LogP contribution in [0, 0.1) is 0 Å². The Hall–Kier alpha value is -3.29. The van der Waals surface area contributed by atoms with Gasteiger partial charge in [0, 0.05) is 18.7 Å². The Morgan fingerprint density at radius 1 is 1.18 bits per heavy atom. The fraction of sp³-hybridized carbons (Fsp3) is 0.350. The Labute approximate surface area is 161 Å². The van der Waals surface area contributed by atoms with Crippen molar-refractivity contribution < 1.29 is 4.79 Å². The van der Waals surface area contributed by atoms with Gasteiger partial charge in [-0.1, -0.05) is 19.1 Å². The average Bonchev–Trinajstić information content (AvgIpc) is 2.67. The van der Waals surface area contributed by atoms with Crippen molar-refractivity contribution in [2.75, 3.05) is 0 Å². The van der Waals surface area contributed by atoms with Gasteiger partial charge in [0.25, 0.3) is 17.0 Å². The Morgan fingerprint density at radius 3 is 2.64 bits per heavy atom. The topological polar surface area (TPSA) is 101 Å². The summed E-state index contributed by atoms with van der Waals surface area (Å²) in [7, 11) is 0. The first-order valence-electron chi connectivity index (χ1n) is 9.27. The largest absolute Gasteiger partial charge is 0.327 e. The molecule has 0 aliphatic heterocycles. The molecule has 2 aromatic heterocycles. The summed E-state index contributed by atoms with van der Waals surface area (Å²) in [6, 6.07) is 9.69. The molecule has 3 rings (SSSR count). The highest BCUT2D eigenvalue weighted by Gasteiger charge is 2.22. The number of carbonyl (C=O) groups excluding carboxylic acids is 1. The van der Waals surface area contributed by atoms with E-state index in [9.17, 15) is 14.4 Å². The maximum absolute atomic E-state index is 13.0. The lowest BCUT2D eigenvalue weighted by atomic mass is 10.2. The van der Waals surface area contributed by atoms with Gasteiger partial charge in [0.05, 0.1) is 17.4 Å². The number of hydrogen-bond donors (Lipinski definition) is 1. The summed E-state index contributed by atoms with van der Waals surface area (Å²) in [6.07, 6.45) is 0.737. The number of hydrogen-bond acceptors (Lipinski definition) is 5. The minimum absolute atomic E-state index is 0.130. The molecule has 0 atom stereocenters. The normalized spacial score (nSPS) is 11.1. The van der Waals surface area contributed by atoms with Crippen LogP contribution in [0.1, 0.15) is 43.5 Å². The number of nitrogens with one attached hydrogen (secondary N) is 1. The van der Waals surface area contributed by atoms with Gasteiger partial charge in [-0.05, 0) is 38.5 Å². The van der Waals surface area contributed by atoms with E-state index in [0.717, 1.165) is 6.42 Å². The van der Waals surface area contributed by atoms with Gasteiger partial charge in [0.1, 0.15) is 11.5 Å². The van der Waals surface area contributed by atoms with Gasteiger partial charge in [-0.2, -0.15) is 5.10 Å². The summed E-state index contributed by atoms with van der Waals surface area (Å²) >= 11 is 0. The van der Waals surface area contributed by atoms with Crippen molar-refractivity contribution in [3.8, 4) is 0 Å². The van der Waals surface area contributed by atoms with E-state index in [1.807, 2.05) is 26.8 Å². The molecular formula is C20H23N5O3. The van der Waals surface area contributed by atoms with E-state index in [4.69, 9.17) is 0 Å². The van der Waals surface area contributed by atoms with Crippen LogP contribution in [0.15, 0.2) is 46.0 Å². The fourth-order valence-electron chi connectivity index (χ4n) is 2.94. The van der Waals surface area contributed by atoms with Crippen LogP contribution >= 0.6 is 0 Å². The van der Waals surface area contributed by atoms with Gasteiger partial charge in [-0.3, -0.25) is 14.4 Å². The van der Waals surface area contributed by atoms with Crippen LogP contribution in [-0.2, 0) is 13.1 Å². The molecule has 0 spiro atoms. The predicted octanol–water partition coefficient (Wildman–Crippen LogP) is 1.94. The zero-order valence-electron chi connectivity index (χ0n) is 16.2. The highest BCUT2D eigenvalue weighted by Crippen LogP contribution is 2.11. The number of carbonyl (C=O) groups is 1. The number of aryl methyl sites for hydroxylation is 1. The highest BCUT2D eigenvalue weighted by atomic mass is 16.2. The summed E-state index contributed by atoms with van der Waals surface area (Å²) in [5.74, 6) is 0.0725. The number of benzene rings is 1. The summed E-state index contributed by atoms with van der Waals surface area (Å²) in [6.45, 7) is 6.26. The van der Waals surface area contributed by atoms with Crippen molar-refractivity contribution in [3.05, 3.63) is 68.6 Å². The lowest BCUT2D eigenvalue weighted by molar-refractivity contribution is 0.0676. The molecule has 2 heterocycles. The minimum atomic E-state index is -0.323. The molecule has 8 heteroatoms.